The van der Waals surface area contributed by atoms with Gasteiger partial charge < -0.3 is 4.90 Å². The molecule has 0 bridgehead atoms. The van der Waals surface area contributed by atoms with Crippen LogP contribution in [-0.4, -0.2) is 48.3 Å². The fourth-order valence-electron chi connectivity index (χ4n) is 4.33. The van der Waals surface area contributed by atoms with Gasteiger partial charge >= 0.3 is 0 Å². The summed E-state index contributed by atoms with van der Waals surface area (Å²) < 4.78 is 69.2. The number of para-hydroxylation sites is 1. The van der Waals surface area contributed by atoms with Gasteiger partial charge in [0.15, 0.2) is 0 Å². The molecule has 0 saturated carbocycles. The predicted molar refractivity (Wildman–Crippen MR) is 140 cm³/mol. The first-order valence-electron chi connectivity index (χ1n) is 11.3. The molecule has 3 aromatic rings. The highest BCUT2D eigenvalue weighted by atomic mass is 35.5. The van der Waals surface area contributed by atoms with Crippen LogP contribution < -0.4 is 9.62 Å². The quantitative estimate of drug-likeness (QED) is 0.451. The highest BCUT2D eigenvalue weighted by molar-refractivity contribution is 7.93. The predicted octanol–water partition coefficient (Wildman–Crippen LogP) is 4.91. The molecule has 0 amide bonds. The standard InChI is InChI=1S/C25H27ClFN3O4S2/c1-29(2)36(33,34)21-10-8-20(9-11-21)28-35(31,32)25-6-4-3-5-24(25)30-15-13-18(14-16-30)22-12-7-19(26)17-23(22)27/h3-12,17-18,28H,13-16H2,1-2H3. The summed E-state index contributed by atoms with van der Waals surface area (Å²) in [4.78, 5) is 2.17. The SMILES string of the molecule is CN(C)S(=O)(=O)c1ccc(NS(=O)(=O)c2ccccc2N2CCC(c3ccc(Cl)cc3F)CC2)cc1. The van der Waals surface area contributed by atoms with E-state index in [0.29, 0.717) is 42.2 Å². The van der Waals surface area contributed by atoms with Crippen LogP contribution in [0, 0.1) is 5.82 Å². The molecular weight excluding hydrogens is 525 g/mol. The van der Waals surface area contributed by atoms with Crippen molar-refractivity contribution in [3.63, 3.8) is 0 Å². The number of nitrogens with one attached hydrogen (secondary N) is 1. The normalized spacial score (nSPS) is 15.3. The lowest BCUT2D eigenvalue weighted by atomic mass is 9.89. The van der Waals surface area contributed by atoms with Crippen molar-refractivity contribution in [2.24, 2.45) is 0 Å². The van der Waals surface area contributed by atoms with Crippen LogP contribution in [0.25, 0.3) is 0 Å². The number of nitrogens with zero attached hydrogens (tertiary/aromatic N) is 2. The lowest BCUT2D eigenvalue weighted by Gasteiger charge is -2.35. The van der Waals surface area contributed by atoms with Crippen molar-refractivity contribution in [1.82, 2.24) is 4.31 Å². The van der Waals surface area contributed by atoms with Gasteiger partial charge in [-0.25, -0.2) is 25.5 Å². The van der Waals surface area contributed by atoms with E-state index in [9.17, 15) is 21.2 Å². The van der Waals surface area contributed by atoms with Crippen LogP contribution in [0.1, 0.15) is 24.3 Å². The Bertz CT molecular complexity index is 1450. The zero-order valence-electron chi connectivity index (χ0n) is 19.9. The molecule has 1 saturated heterocycles. The first-order valence-corrected chi connectivity index (χ1v) is 14.6. The van der Waals surface area contributed by atoms with Crippen molar-refractivity contribution in [1.29, 1.82) is 0 Å². The average Bonchev–Trinajstić information content (AvgIpc) is 2.84. The minimum atomic E-state index is -3.96. The highest BCUT2D eigenvalue weighted by Gasteiger charge is 2.27. The van der Waals surface area contributed by atoms with Gasteiger partial charge in [0.25, 0.3) is 10.0 Å². The number of hydrogen-bond donors (Lipinski definition) is 1. The Morgan fingerprint density at radius 2 is 1.58 bits per heavy atom. The van der Waals surface area contributed by atoms with Gasteiger partial charge in [-0.1, -0.05) is 29.8 Å². The zero-order valence-corrected chi connectivity index (χ0v) is 22.2. The number of hydrogen-bond acceptors (Lipinski definition) is 5. The first kappa shape index (κ1) is 26.4. The summed E-state index contributed by atoms with van der Waals surface area (Å²) in [6.45, 7) is 1.13. The molecule has 1 N–H and O–H groups in total. The summed E-state index contributed by atoms with van der Waals surface area (Å²) in [5, 5.41) is 0.356. The van der Waals surface area contributed by atoms with Gasteiger partial charge in [0.2, 0.25) is 10.0 Å². The molecule has 1 aliphatic rings. The smallest absolute Gasteiger partial charge is 0.263 e. The molecule has 1 heterocycles. The largest absolute Gasteiger partial charge is 0.370 e. The highest BCUT2D eigenvalue weighted by Crippen LogP contribution is 2.35. The van der Waals surface area contributed by atoms with Crippen LogP contribution >= 0.6 is 11.6 Å². The van der Waals surface area contributed by atoms with Crippen molar-refractivity contribution in [2.75, 3.05) is 36.8 Å². The fourth-order valence-corrected chi connectivity index (χ4v) is 6.67. The summed E-state index contributed by atoms with van der Waals surface area (Å²) in [5.41, 5.74) is 1.44. The molecule has 0 aromatic heterocycles. The van der Waals surface area contributed by atoms with Crippen molar-refractivity contribution in [3.05, 3.63) is 83.1 Å². The number of anilines is 2. The van der Waals surface area contributed by atoms with Crippen molar-refractivity contribution in [2.45, 2.75) is 28.6 Å². The maximum atomic E-state index is 14.4. The molecule has 0 radical (unpaired) electrons. The van der Waals surface area contributed by atoms with Gasteiger partial charge in [-0.15, -0.1) is 0 Å². The molecule has 0 unspecified atom stereocenters. The molecule has 0 spiro atoms. The third kappa shape index (κ3) is 5.51. The number of sulfonamides is 2. The summed E-state index contributed by atoms with van der Waals surface area (Å²) in [7, 11) is -4.73. The average molecular weight is 552 g/mol. The lowest BCUT2D eigenvalue weighted by Crippen LogP contribution is -2.34. The summed E-state index contributed by atoms with van der Waals surface area (Å²) in [6, 6.07) is 17.0. The second kappa shape index (κ2) is 10.4. The van der Waals surface area contributed by atoms with Crippen LogP contribution in [0.5, 0.6) is 0 Å². The van der Waals surface area contributed by atoms with Crippen LogP contribution in [0.15, 0.2) is 76.5 Å². The maximum Gasteiger partial charge on any atom is 0.263 e. The Morgan fingerprint density at radius 3 is 2.19 bits per heavy atom. The molecule has 11 heteroatoms. The van der Waals surface area contributed by atoms with E-state index >= 15 is 0 Å². The first-order chi connectivity index (χ1) is 17.0. The minimum absolute atomic E-state index is 0.0253. The Kier molecular flexibility index (Phi) is 7.61. The summed E-state index contributed by atoms with van der Waals surface area (Å²) >= 11 is 5.88. The fraction of sp³-hybridized carbons (Fsp3) is 0.280. The Hall–Kier alpha value is -2.66. The van der Waals surface area contributed by atoms with Crippen molar-refractivity contribution < 1.29 is 21.2 Å². The van der Waals surface area contributed by atoms with Crippen molar-refractivity contribution in [3.8, 4) is 0 Å². The number of benzene rings is 3. The molecule has 36 heavy (non-hydrogen) atoms. The van der Waals surface area contributed by atoms with Crippen molar-refractivity contribution >= 4 is 43.0 Å². The third-order valence-electron chi connectivity index (χ3n) is 6.28. The Morgan fingerprint density at radius 1 is 0.944 bits per heavy atom. The minimum Gasteiger partial charge on any atom is -0.370 e. The molecule has 1 aliphatic heterocycles. The monoisotopic (exact) mass is 551 g/mol. The summed E-state index contributed by atoms with van der Waals surface area (Å²) in [6.07, 6.45) is 1.34. The molecule has 0 atom stereocenters. The second-order valence-corrected chi connectivity index (χ2v) is 13.1. The van der Waals surface area contributed by atoms with E-state index in [1.807, 2.05) is 4.90 Å². The van der Waals surface area contributed by atoms with E-state index in [2.05, 4.69) is 4.72 Å². The molecular formula is C25H27ClFN3O4S2. The van der Waals surface area contributed by atoms with E-state index in [1.54, 1.807) is 30.3 Å². The van der Waals surface area contributed by atoms with Gasteiger partial charge in [-0.3, -0.25) is 4.72 Å². The third-order valence-corrected chi connectivity index (χ3v) is 9.77. The molecule has 192 valence electrons. The van der Waals surface area contributed by atoms with E-state index in [-0.39, 0.29) is 27.2 Å². The van der Waals surface area contributed by atoms with Crippen LogP contribution in [0.3, 0.4) is 0 Å². The molecule has 7 nitrogen and oxygen atoms in total. The van der Waals surface area contributed by atoms with Gasteiger partial charge in [-0.2, -0.15) is 0 Å². The molecule has 3 aromatic carbocycles. The van der Waals surface area contributed by atoms with Gasteiger partial charge in [0.1, 0.15) is 10.7 Å². The number of piperidine rings is 1. The van der Waals surface area contributed by atoms with E-state index in [0.717, 1.165) is 4.31 Å². The van der Waals surface area contributed by atoms with E-state index < -0.39 is 20.0 Å². The summed E-state index contributed by atoms with van der Waals surface area (Å²) in [5.74, 6) is -0.296. The molecule has 4 rings (SSSR count). The van der Waals surface area contributed by atoms with Crippen LogP contribution in [0.4, 0.5) is 15.8 Å². The van der Waals surface area contributed by atoms with Crippen LogP contribution in [-0.2, 0) is 20.0 Å². The number of rotatable bonds is 7. The topological polar surface area (TPSA) is 86.8 Å². The Balaban J connectivity index is 1.52. The van der Waals surface area contributed by atoms with Crippen LogP contribution in [0.2, 0.25) is 5.02 Å². The number of halogens is 2. The van der Waals surface area contributed by atoms with Gasteiger partial charge in [0.05, 0.1) is 10.6 Å². The van der Waals surface area contributed by atoms with E-state index in [1.165, 1.54) is 50.5 Å². The van der Waals surface area contributed by atoms with Gasteiger partial charge in [0, 0.05) is 37.9 Å². The van der Waals surface area contributed by atoms with E-state index in [4.69, 9.17) is 11.6 Å². The Labute approximate surface area is 216 Å². The maximum absolute atomic E-state index is 14.4. The second-order valence-electron chi connectivity index (χ2n) is 8.81. The zero-order chi connectivity index (χ0) is 26.1. The molecule has 0 aliphatic carbocycles. The lowest BCUT2D eigenvalue weighted by molar-refractivity contribution is 0.480. The van der Waals surface area contributed by atoms with Gasteiger partial charge in [-0.05, 0) is 72.9 Å². The molecule has 1 fully saturated rings.